The summed E-state index contributed by atoms with van der Waals surface area (Å²) in [6.45, 7) is 47.3. The van der Waals surface area contributed by atoms with Crippen molar-refractivity contribution in [2.24, 2.45) is 0 Å². The summed E-state index contributed by atoms with van der Waals surface area (Å²) in [6, 6.07) is 0. The van der Waals surface area contributed by atoms with E-state index in [1.807, 2.05) is 0 Å². The van der Waals surface area contributed by atoms with Gasteiger partial charge in [0.25, 0.3) is 0 Å². The van der Waals surface area contributed by atoms with Crippen LogP contribution in [0.3, 0.4) is 0 Å². The molecule has 3 rings (SSSR count). The van der Waals surface area contributed by atoms with Crippen LogP contribution in [0, 0.1) is 0 Å². The van der Waals surface area contributed by atoms with E-state index in [9.17, 15) is 0 Å². The van der Waals surface area contributed by atoms with Crippen molar-refractivity contribution in [2.45, 2.75) is 156 Å². The van der Waals surface area contributed by atoms with Crippen molar-refractivity contribution in [1.82, 2.24) is 0 Å². The average Bonchev–Trinajstić information content (AvgIpc) is 3.49. The molecule has 0 unspecified atom stereocenters. The molecule has 0 aliphatic carbocycles. The maximum Gasteiger partial charge on any atom is 3.00 e. The standard InChI is InChI=1S/3C6H18NSi2.3C4H8O.ClH.Li.Y/c3*1-8(2,3)7-9(4,5)6;3*1-2-4-5-3-1;;;/h3*1-6H3;3*1-4H2;1H;;/q3*-1;;;;;+1;+3/p-1. The van der Waals surface area contributed by atoms with Crippen LogP contribution in [0.5, 0.6) is 0 Å². The zero-order chi connectivity index (χ0) is 33.7. The van der Waals surface area contributed by atoms with E-state index in [1.54, 1.807) is 0 Å². The summed E-state index contributed by atoms with van der Waals surface area (Å²) in [6.07, 6.45) is 7.67. The quantitative estimate of drug-likeness (QED) is 0.333. The maximum atomic E-state index is 4.94. The second-order valence-electron chi connectivity index (χ2n) is 17.3. The fraction of sp³-hybridized carbons (Fsp3) is 1.00. The van der Waals surface area contributed by atoms with E-state index in [4.69, 9.17) is 28.2 Å². The summed E-state index contributed by atoms with van der Waals surface area (Å²) in [7, 11) is -6.64. The van der Waals surface area contributed by atoms with E-state index >= 15 is 0 Å². The first-order valence-corrected chi connectivity index (χ1v) is 37.3. The van der Waals surface area contributed by atoms with Crippen molar-refractivity contribution in [3.8, 4) is 0 Å². The summed E-state index contributed by atoms with van der Waals surface area (Å²) in [5, 5.41) is 0. The van der Waals surface area contributed by atoms with Crippen molar-refractivity contribution in [3.63, 3.8) is 0 Å². The van der Waals surface area contributed by atoms with Crippen molar-refractivity contribution in [3.05, 3.63) is 13.9 Å². The molecule has 3 fully saturated rings. The second-order valence-corrected chi connectivity index (χ2v) is 46.1. The monoisotopic (exact) mass is 827 g/mol. The minimum atomic E-state index is -1.11. The summed E-state index contributed by atoms with van der Waals surface area (Å²) in [4.78, 5) is 0. The van der Waals surface area contributed by atoms with E-state index < -0.39 is 49.4 Å². The molecular weight excluding hydrogens is 750 g/mol. The third kappa shape index (κ3) is 73.5. The van der Waals surface area contributed by atoms with Crippen molar-refractivity contribution in [2.75, 3.05) is 39.6 Å². The Balaban J connectivity index is -0.000000102. The Morgan fingerprint density at radius 2 is 0.422 bits per heavy atom. The van der Waals surface area contributed by atoms with Gasteiger partial charge in [-0.05, 0) is 38.5 Å². The Morgan fingerprint density at radius 1 is 0.311 bits per heavy atom. The Labute approximate surface area is 334 Å². The molecule has 3 aliphatic heterocycles. The van der Waals surface area contributed by atoms with Crippen LogP contribution in [-0.4, -0.2) is 89.1 Å². The summed E-state index contributed by atoms with van der Waals surface area (Å²) in [5.41, 5.74) is 0. The number of hydrogen-bond donors (Lipinski definition) is 0. The first kappa shape index (κ1) is 60.2. The van der Waals surface area contributed by atoms with Crippen LogP contribution in [-0.2, 0) is 46.9 Å². The molecule has 3 heterocycles. The number of halogens is 1. The summed E-state index contributed by atoms with van der Waals surface area (Å²) < 4.78 is 29.3. The summed E-state index contributed by atoms with van der Waals surface area (Å²) in [5.74, 6) is 0. The molecule has 15 heteroatoms. The van der Waals surface area contributed by atoms with Crippen LogP contribution in [0.15, 0.2) is 0 Å². The van der Waals surface area contributed by atoms with Crippen LogP contribution < -0.4 is 31.3 Å². The number of ether oxygens (including phenoxy) is 3. The molecule has 0 radical (unpaired) electrons. The molecule has 0 N–H and O–H groups in total. The Kier molecular flexibility index (Phi) is 41.0. The maximum absolute atomic E-state index is 4.94. The molecule has 0 bridgehead atoms. The Bertz CT molecular complexity index is 483. The molecular formula is C30H78ClLiN3O3Si6Y. The van der Waals surface area contributed by atoms with E-state index in [0.717, 1.165) is 39.6 Å². The van der Waals surface area contributed by atoms with Gasteiger partial charge in [0.05, 0.1) is 0 Å². The predicted octanol–water partition coefficient (Wildman–Crippen LogP) is 5.49. The Morgan fingerprint density at radius 3 is 0.444 bits per heavy atom. The largest absolute Gasteiger partial charge is 3.00 e. The van der Waals surface area contributed by atoms with Gasteiger partial charge in [-0.15, -0.1) is 0 Å². The van der Waals surface area contributed by atoms with Gasteiger partial charge in [0.2, 0.25) is 0 Å². The molecule has 0 atom stereocenters. The van der Waals surface area contributed by atoms with Crippen LogP contribution in [0.4, 0.5) is 0 Å². The predicted molar refractivity (Wildman–Crippen MR) is 210 cm³/mol. The fourth-order valence-electron chi connectivity index (χ4n) is 4.55. The molecule has 0 aromatic heterocycles. The molecule has 0 spiro atoms. The van der Waals surface area contributed by atoms with Gasteiger partial charge >= 0.3 is 51.6 Å². The van der Waals surface area contributed by atoms with Crippen molar-refractivity contribution >= 4 is 49.4 Å². The van der Waals surface area contributed by atoms with Crippen LogP contribution in [0.25, 0.3) is 13.9 Å². The topological polar surface area (TPSA) is 70.0 Å². The first-order chi connectivity index (χ1) is 18.6. The fourth-order valence-corrected chi connectivity index (χ4v) is 28.7. The third-order valence-electron chi connectivity index (χ3n) is 4.49. The Hall–Kier alpha value is 3.05. The van der Waals surface area contributed by atoms with Gasteiger partial charge in [-0.1, -0.05) is 167 Å². The number of rotatable bonds is 6. The van der Waals surface area contributed by atoms with Crippen molar-refractivity contribution in [1.29, 1.82) is 0 Å². The molecule has 0 amide bonds. The molecule has 6 nitrogen and oxygen atoms in total. The zero-order valence-electron chi connectivity index (χ0n) is 34.0. The molecule has 266 valence electrons. The van der Waals surface area contributed by atoms with Crippen LogP contribution >= 0.6 is 0 Å². The van der Waals surface area contributed by atoms with E-state index in [0.29, 0.717) is 0 Å². The van der Waals surface area contributed by atoms with Crippen LogP contribution in [0.1, 0.15) is 38.5 Å². The van der Waals surface area contributed by atoms with Gasteiger partial charge in [-0.2, -0.15) is 0 Å². The second kappa shape index (κ2) is 30.7. The number of hydrogen-bond acceptors (Lipinski definition) is 3. The number of nitrogens with zero attached hydrogens (tertiary/aromatic N) is 3. The third-order valence-corrected chi connectivity index (χ3v) is 20.6. The normalized spacial score (nSPS) is 16.4. The summed E-state index contributed by atoms with van der Waals surface area (Å²) >= 11 is 0. The van der Waals surface area contributed by atoms with Gasteiger partial charge in [0.1, 0.15) is 0 Å². The SMILES string of the molecule is C1CCOC1.C1CCOC1.C1CCOC1.C[Si](C)(C)[N-][Si](C)(C)C.C[Si](C)(C)[N-][Si](C)(C)C.C[Si](C)(C)[N-][Si](C)(C)C.[Cl-].[Li+].[Y+3]. The van der Waals surface area contributed by atoms with Gasteiger partial charge < -0.3 is 40.6 Å². The van der Waals surface area contributed by atoms with Gasteiger partial charge in [-0.25, -0.2) is 0 Å². The molecule has 0 aromatic rings. The minimum Gasteiger partial charge on any atom is -1.00 e. The van der Waals surface area contributed by atoms with E-state index in [1.165, 1.54) is 38.5 Å². The van der Waals surface area contributed by atoms with E-state index in [2.05, 4.69) is 118 Å². The van der Waals surface area contributed by atoms with Gasteiger partial charge in [-0.3, -0.25) is 0 Å². The zero-order valence-corrected chi connectivity index (χ0v) is 43.6. The van der Waals surface area contributed by atoms with Gasteiger partial charge in [0.15, 0.2) is 0 Å². The minimum absolute atomic E-state index is 0. The van der Waals surface area contributed by atoms with Crippen LogP contribution in [0.2, 0.25) is 118 Å². The van der Waals surface area contributed by atoms with Gasteiger partial charge in [0, 0.05) is 39.6 Å². The molecule has 0 aromatic carbocycles. The molecule has 45 heavy (non-hydrogen) atoms. The molecule has 3 saturated heterocycles. The molecule has 3 aliphatic rings. The van der Waals surface area contributed by atoms with E-state index in [-0.39, 0.29) is 64.0 Å². The molecule has 0 saturated carbocycles. The average molecular weight is 829 g/mol. The first-order valence-electron chi connectivity index (χ1n) is 16.6. The smallest absolute Gasteiger partial charge is 1.00 e. The van der Waals surface area contributed by atoms with Crippen molar-refractivity contribution < 1.29 is 78.2 Å².